The van der Waals surface area contributed by atoms with Crippen LogP contribution in [-0.2, 0) is 13.0 Å². The van der Waals surface area contributed by atoms with Crippen molar-refractivity contribution < 1.29 is 9.90 Å². The van der Waals surface area contributed by atoms with Gasteiger partial charge >= 0.3 is 0 Å². The molecule has 0 fully saturated rings. The molecular weight excluding hydrogens is 252 g/mol. The molecule has 104 valence electrons. The molecule has 0 radical (unpaired) electrons. The lowest BCUT2D eigenvalue weighted by atomic mass is 10.1. The number of amides is 1. The maximum Gasteiger partial charge on any atom is 0.251 e. The number of aromatic hydroxyl groups is 1. The van der Waals surface area contributed by atoms with Crippen LogP contribution in [0.1, 0.15) is 34.1 Å². The predicted octanol–water partition coefficient (Wildman–Crippen LogP) is 2.59. The van der Waals surface area contributed by atoms with Crippen molar-refractivity contribution in [3.05, 3.63) is 58.9 Å². The van der Waals surface area contributed by atoms with Gasteiger partial charge in [0.1, 0.15) is 5.75 Å². The smallest absolute Gasteiger partial charge is 0.251 e. The molecule has 1 aromatic carbocycles. The van der Waals surface area contributed by atoms with Gasteiger partial charge in [0.05, 0.1) is 12.2 Å². The summed E-state index contributed by atoms with van der Waals surface area (Å²) in [6.45, 7) is 4.23. The number of benzene rings is 1. The van der Waals surface area contributed by atoms with Crippen LogP contribution in [0.3, 0.4) is 0 Å². The summed E-state index contributed by atoms with van der Waals surface area (Å²) in [5.74, 6) is -0.0854. The van der Waals surface area contributed by atoms with Gasteiger partial charge in [-0.25, -0.2) is 0 Å². The second kappa shape index (κ2) is 6.19. The van der Waals surface area contributed by atoms with Gasteiger partial charge in [0.25, 0.3) is 5.91 Å². The summed E-state index contributed by atoms with van der Waals surface area (Å²) in [6, 6.07) is 8.80. The fourth-order valence-electron chi connectivity index (χ4n) is 1.97. The highest BCUT2D eigenvalue weighted by Gasteiger charge is 2.09. The number of phenols is 1. The Morgan fingerprint density at radius 3 is 2.85 bits per heavy atom. The van der Waals surface area contributed by atoms with Gasteiger partial charge in [-0.1, -0.05) is 19.1 Å². The molecule has 2 N–H and O–H groups in total. The third kappa shape index (κ3) is 3.15. The zero-order chi connectivity index (χ0) is 14.5. The highest BCUT2D eigenvalue weighted by atomic mass is 16.3. The minimum atomic E-state index is -0.215. The van der Waals surface area contributed by atoms with E-state index in [0.29, 0.717) is 12.1 Å². The number of pyridine rings is 1. The molecule has 20 heavy (non-hydrogen) atoms. The first-order valence-electron chi connectivity index (χ1n) is 6.62. The van der Waals surface area contributed by atoms with Crippen LogP contribution in [0.4, 0.5) is 0 Å². The van der Waals surface area contributed by atoms with E-state index in [2.05, 4.69) is 17.2 Å². The predicted molar refractivity (Wildman–Crippen MR) is 77.6 cm³/mol. The number of hydrogen-bond donors (Lipinski definition) is 2. The molecule has 0 aliphatic heterocycles. The number of rotatable bonds is 4. The normalized spacial score (nSPS) is 10.3. The summed E-state index contributed by atoms with van der Waals surface area (Å²) in [6.07, 6.45) is 2.60. The number of aromatic nitrogens is 1. The molecule has 0 atom stereocenters. The quantitative estimate of drug-likeness (QED) is 0.897. The molecule has 0 unspecified atom stereocenters. The van der Waals surface area contributed by atoms with Crippen LogP contribution >= 0.6 is 0 Å². The Labute approximate surface area is 118 Å². The first-order chi connectivity index (χ1) is 9.61. The van der Waals surface area contributed by atoms with Crippen molar-refractivity contribution in [2.75, 3.05) is 0 Å². The lowest BCUT2D eigenvalue weighted by Gasteiger charge is -2.09. The van der Waals surface area contributed by atoms with Crippen molar-refractivity contribution >= 4 is 5.91 Å². The van der Waals surface area contributed by atoms with Crippen LogP contribution in [0, 0.1) is 6.92 Å². The van der Waals surface area contributed by atoms with E-state index >= 15 is 0 Å². The lowest BCUT2D eigenvalue weighted by molar-refractivity contribution is 0.0950. The van der Waals surface area contributed by atoms with Gasteiger partial charge in [-0.3, -0.25) is 9.78 Å². The zero-order valence-electron chi connectivity index (χ0n) is 11.7. The third-order valence-corrected chi connectivity index (χ3v) is 3.25. The van der Waals surface area contributed by atoms with Crippen molar-refractivity contribution in [1.82, 2.24) is 10.3 Å². The van der Waals surface area contributed by atoms with E-state index in [1.807, 2.05) is 12.1 Å². The molecule has 0 saturated carbocycles. The van der Waals surface area contributed by atoms with Crippen molar-refractivity contribution in [3.63, 3.8) is 0 Å². The number of nitrogens with one attached hydrogen (secondary N) is 1. The molecule has 0 spiro atoms. The number of carbonyl (C=O) groups excluding carboxylic acids is 1. The van der Waals surface area contributed by atoms with Crippen molar-refractivity contribution in [2.45, 2.75) is 26.8 Å². The van der Waals surface area contributed by atoms with Gasteiger partial charge in [-0.15, -0.1) is 0 Å². The van der Waals surface area contributed by atoms with Gasteiger partial charge in [0.2, 0.25) is 0 Å². The maximum atomic E-state index is 12.0. The molecule has 2 rings (SSSR count). The minimum Gasteiger partial charge on any atom is -0.508 e. The summed E-state index contributed by atoms with van der Waals surface area (Å²) < 4.78 is 0. The SMILES string of the molecule is CCc1cccnc1CNC(=O)c1ccc(C)c(O)c1. The van der Waals surface area contributed by atoms with E-state index in [-0.39, 0.29) is 11.7 Å². The average Bonchev–Trinajstić information content (AvgIpc) is 2.47. The topological polar surface area (TPSA) is 62.2 Å². The number of carbonyl (C=O) groups is 1. The standard InChI is InChI=1S/C16H18N2O2/c1-3-12-5-4-8-17-14(12)10-18-16(20)13-7-6-11(2)15(19)9-13/h4-9,19H,3,10H2,1-2H3,(H,18,20). The first-order valence-corrected chi connectivity index (χ1v) is 6.62. The van der Waals surface area contributed by atoms with Crippen LogP contribution < -0.4 is 5.32 Å². The molecule has 1 amide bonds. The minimum absolute atomic E-state index is 0.129. The third-order valence-electron chi connectivity index (χ3n) is 3.25. The van der Waals surface area contributed by atoms with Crippen LogP contribution in [0.2, 0.25) is 0 Å². The number of phenolic OH excluding ortho intramolecular Hbond substituents is 1. The van der Waals surface area contributed by atoms with Gasteiger partial charge in [0.15, 0.2) is 0 Å². The van der Waals surface area contributed by atoms with Gasteiger partial charge in [-0.05, 0) is 42.7 Å². The van der Waals surface area contributed by atoms with E-state index in [0.717, 1.165) is 23.2 Å². The van der Waals surface area contributed by atoms with E-state index in [9.17, 15) is 9.90 Å². The highest BCUT2D eigenvalue weighted by Crippen LogP contribution is 2.17. The Morgan fingerprint density at radius 1 is 1.35 bits per heavy atom. The summed E-state index contributed by atoms with van der Waals surface area (Å²) in [5.41, 5.74) is 3.20. The van der Waals surface area contributed by atoms with Crippen molar-refractivity contribution in [1.29, 1.82) is 0 Å². The van der Waals surface area contributed by atoms with Gasteiger partial charge in [0, 0.05) is 11.8 Å². The summed E-state index contributed by atoms with van der Waals surface area (Å²) >= 11 is 0. The Hall–Kier alpha value is -2.36. The van der Waals surface area contributed by atoms with E-state index < -0.39 is 0 Å². The zero-order valence-corrected chi connectivity index (χ0v) is 11.7. The van der Waals surface area contributed by atoms with E-state index in [4.69, 9.17) is 0 Å². The number of aryl methyl sites for hydroxylation is 2. The van der Waals surface area contributed by atoms with E-state index in [1.165, 1.54) is 6.07 Å². The number of nitrogens with zero attached hydrogens (tertiary/aromatic N) is 1. The van der Waals surface area contributed by atoms with Crippen molar-refractivity contribution in [3.8, 4) is 5.75 Å². The second-order valence-corrected chi connectivity index (χ2v) is 4.65. The van der Waals surface area contributed by atoms with Crippen LogP contribution in [0.25, 0.3) is 0 Å². The summed E-state index contributed by atoms with van der Waals surface area (Å²) in [7, 11) is 0. The fraction of sp³-hybridized carbons (Fsp3) is 0.250. The molecule has 0 saturated heterocycles. The second-order valence-electron chi connectivity index (χ2n) is 4.65. The van der Waals surface area contributed by atoms with E-state index in [1.54, 1.807) is 25.3 Å². The maximum absolute atomic E-state index is 12.0. The molecule has 0 bridgehead atoms. The largest absolute Gasteiger partial charge is 0.508 e. The molecule has 4 heteroatoms. The highest BCUT2D eigenvalue weighted by molar-refractivity contribution is 5.94. The average molecular weight is 270 g/mol. The molecule has 2 aromatic rings. The fourth-order valence-corrected chi connectivity index (χ4v) is 1.97. The van der Waals surface area contributed by atoms with Crippen LogP contribution in [0.15, 0.2) is 36.5 Å². The van der Waals surface area contributed by atoms with Gasteiger partial charge in [-0.2, -0.15) is 0 Å². The molecule has 0 aliphatic carbocycles. The van der Waals surface area contributed by atoms with Crippen LogP contribution in [-0.4, -0.2) is 16.0 Å². The molecule has 0 aliphatic rings. The summed E-state index contributed by atoms with van der Waals surface area (Å²) in [5, 5.41) is 12.4. The molecule has 4 nitrogen and oxygen atoms in total. The Balaban J connectivity index is 2.06. The Bertz CT molecular complexity index is 624. The van der Waals surface area contributed by atoms with Gasteiger partial charge < -0.3 is 10.4 Å². The monoisotopic (exact) mass is 270 g/mol. The molecular formula is C16H18N2O2. The first kappa shape index (κ1) is 14.1. The lowest BCUT2D eigenvalue weighted by Crippen LogP contribution is -2.24. The Kier molecular flexibility index (Phi) is 4.35. The molecule has 1 aromatic heterocycles. The van der Waals surface area contributed by atoms with Crippen molar-refractivity contribution in [2.24, 2.45) is 0 Å². The van der Waals surface area contributed by atoms with Crippen LogP contribution in [0.5, 0.6) is 5.75 Å². The Morgan fingerprint density at radius 2 is 2.15 bits per heavy atom. The summed E-state index contributed by atoms with van der Waals surface area (Å²) in [4.78, 5) is 16.3. The number of hydrogen-bond acceptors (Lipinski definition) is 3. The molecule has 1 heterocycles.